The Morgan fingerprint density at radius 1 is 1.21 bits per heavy atom. The number of rotatable bonds is 6. The molecule has 2 rings (SSSR count). The van der Waals surface area contributed by atoms with Crippen LogP contribution in [0.4, 0.5) is 10.1 Å². The summed E-state index contributed by atoms with van der Waals surface area (Å²) in [6, 6.07) is 11.6. The Bertz CT molecular complexity index is 828. The van der Waals surface area contributed by atoms with E-state index in [4.69, 9.17) is 11.6 Å². The van der Waals surface area contributed by atoms with Crippen LogP contribution >= 0.6 is 11.6 Å². The Morgan fingerprint density at radius 3 is 2.46 bits per heavy atom. The van der Waals surface area contributed by atoms with E-state index in [1.807, 2.05) is 0 Å². The summed E-state index contributed by atoms with van der Waals surface area (Å²) in [7, 11) is -3.77. The molecule has 0 heterocycles. The fraction of sp³-hybridized carbons (Fsp3) is 0.188. The van der Waals surface area contributed by atoms with Crippen molar-refractivity contribution in [2.75, 3.05) is 18.4 Å². The summed E-state index contributed by atoms with van der Waals surface area (Å²) < 4.78 is 39.2. The first-order valence-electron chi connectivity index (χ1n) is 7.14. The van der Waals surface area contributed by atoms with E-state index in [0.29, 0.717) is 5.69 Å². The number of hydrogen-bond acceptors (Lipinski definition) is 3. The van der Waals surface area contributed by atoms with Gasteiger partial charge in [-0.1, -0.05) is 36.7 Å². The second kappa shape index (κ2) is 7.74. The topological polar surface area (TPSA) is 66.5 Å². The largest absolute Gasteiger partial charge is 0.325 e. The van der Waals surface area contributed by atoms with Gasteiger partial charge in [-0.2, -0.15) is 4.31 Å². The summed E-state index contributed by atoms with van der Waals surface area (Å²) in [4.78, 5) is 12.2. The summed E-state index contributed by atoms with van der Waals surface area (Å²) in [6.07, 6.45) is 0. The highest BCUT2D eigenvalue weighted by Crippen LogP contribution is 2.20. The van der Waals surface area contributed by atoms with Crippen molar-refractivity contribution in [2.24, 2.45) is 0 Å². The van der Waals surface area contributed by atoms with Crippen molar-refractivity contribution >= 4 is 33.2 Å². The van der Waals surface area contributed by atoms with E-state index < -0.39 is 21.7 Å². The summed E-state index contributed by atoms with van der Waals surface area (Å²) in [5, 5.41) is 2.37. The maximum Gasteiger partial charge on any atom is 0.243 e. The van der Waals surface area contributed by atoms with Gasteiger partial charge in [0.25, 0.3) is 0 Å². The van der Waals surface area contributed by atoms with Crippen LogP contribution < -0.4 is 5.32 Å². The zero-order chi connectivity index (χ0) is 17.7. The van der Waals surface area contributed by atoms with Crippen LogP contribution in [0.25, 0.3) is 0 Å². The Labute approximate surface area is 145 Å². The maximum atomic E-state index is 13.1. The van der Waals surface area contributed by atoms with Crippen LogP contribution in [0.15, 0.2) is 53.4 Å². The average Bonchev–Trinajstić information content (AvgIpc) is 2.56. The van der Waals surface area contributed by atoms with Gasteiger partial charge in [-0.05, 0) is 30.3 Å². The Morgan fingerprint density at radius 2 is 1.88 bits per heavy atom. The van der Waals surface area contributed by atoms with Crippen LogP contribution in [-0.4, -0.2) is 31.7 Å². The van der Waals surface area contributed by atoms with Gasteiger partial charge < -0.3 is 5.32 Å². The molecular weight excluding hydrogens is 355 g/mol. The summed E-state index contributed by atoms with van der Waals surface area (Å²) in [5.41, 5.74) is 0.291. The molecule has 0 radical (unpaired) electrons. The second-order valence-corrected chi connectivity index (χ2v) is 7.27. The molecule has 0 bridgehead atoms. The molecule has 0 atom stereocenters. The minimum atomic E-state index is -3.77. The van der Waals surface area contributed by atoms with Crippen molar-refractivity contribution in [3.63, 3.8) is 0 Å². The molecule has 2 aromatic carbocycles. The number of benzene rings is 2. The standard InChI is InChI=1S/C16H16ClFN2O3S/c1-2-20(24(22,23)13-6-4-3-5-7-13)11-16(21)19-12-8-9-15(18)14(17)10-12/h3-10H,2,11H2,1H3,(H,19,21). The zero-order valence-corrected chi connectivity index (χ0v) is 14.4. The lowest BCUT2D eigenvalue weighted by Gasteiger charge is -2.20. The number of likely N-dealkylation sites (N-methyl/N-ethyl adjacent to an activating group) is 1. The highest BCUT2D eigenvalue weighted by Gasteiger charge is 2.25. The van der Waals surface area contributed by atoms with Gasteiger partial charge in [-0.15, -0.1) is 0 Å². The molecule has 1 amide bonds. The van der Waals surface area contributed by atoms with Gasteiger partial charge in [0.15, 0.2) is 0 Å². The molecule has 0 unspecified atom stereocenters. The van der Waals surface area contributed by atoms with Gasteiger partial charge in [0.1, 0.15) is 5.82 Å². The van der Waals surface area contributed by atoms with E-state index in [1.165, 1.54) is 24.3 Å². The molecule has 128 valence electrons. The number of nitrogens with zero attached hydrogens (tertiary/aromatic N) is 1. The van der Waals surface area contributed by atoms with Gasteiger partial charge in [0.2, 0.25) is 15.9 Å². The lowest BCUT2D eigenvalue weighted by atomic mass is 10.3. The number of carbonyl (C=O) groups excluding carboxylic acids is 1. The van der Waals surface area contributed by atoms with E-state index in [9.17, 15) is 17.6 Å². The number of nitrogens with one attached hydrogen (secondary N) is 1. The number of sulfonamides is 1. The number of halogens is 2. The van der Waals surface area contributed by atoms with Crippen molar-refractivity contribution in [1.29, 1.82) is 0 Å². The molecule has 0 aliphatic heterocycles. The van der Waals surface area contributed by atoms with Gasteiger partial charge in [-0.3, -0.25) is 4.79 Å². The molecule has 5 nitrogen and oxygen atoms in total. The Kier molecular flexibility index (Phi) is 5.93. The van der Waals surface area contributed by atoms with Crippen LogP contribution in [0.1, 0.15) is 6.92 Å². The zero-order valence-electron chi connectivity index (χ0n) is 12.9. The van der Waals surface area contributed by atoms with Crippen LogP contribution in [0.5, 0.6) is 0 Å². The van der Waals surface area contributed by atoms with Crippen molar-refractivity contribution < 1.29 is 17.6 Å². The number of hydrogen-bond donors (Lipinski definition) is 1. The fourth-order valence-corrected chi connectivity index (χ4v) is 3.65. The van der Waals surface area contributed by atoms with E-state index in [2.05, 4.69) is 5.32 Å². The molecule has 0 saturated heterocycles. The summed E-state index contributed by atoms with van der Waals surface area (Å²) in [6.45, 7) is 1.42. The van der Waals surface area contributed by atoms with Crippen LogP contribution in [0.2, 0.25) is 5.02 Å². The highest BCUT2D eigenvalue weighted by atomic mass is 35.5. The van der Waals surface area contributed by atoms with Gasteiger partial charge in [0.05, 0.1) is 16.5 Å². The highest BCUT2D eigenvalue weighted by molar-refractivity contribution is 7.89. The minimum Gasteiger partial charge on any atom is -0.325 e. The third kappa shape index (κ3) is 4.31. The van der Waals surface area contributed by atoms with E-state index in [0.717, 1.165) is 10.4 Å². The Balaban J connectivity index is 2.12. The summed E-state index contributed by atoms with van der Waals surface area (Å²) in [5.74, 6) is -1.14. The number of carbonyl (C=O) groups is 1. The molecule has 0 aromatic heterocycles. The number of anilines is 1. The smallest absolute Gasteiger partial charge is 0.243 e. The SMILES string of the molecule is CCN(CC(=O)Nc1ccc(F)c(Cl)c1)S(=O)(=O)c1ccccc1. The molecule has 0 aliphatic rings. The predicted octanol–water partition coefficient (Wildman–Crippen LogP) is 3.13. The van der Waals surface area contributed by atoms with Crippen molar-refractivity contribution in [1.82, 2.24) is 4.31 Å². The Hall–Kier alpha value is -1.96. The van der Waals surface area contributed by atoms with Crippen LogP contribution in [-0.2, 0) is 14.8 Å². The monoisotopic (exact) mass is 370 g/mol. The minimum absolute atomic E-state index is 0.115. The maximum absolute atomic E-state index is 13.1. The van der Waals surface area contributed by atoms with E-state index in [-0.39, 0.29) is 23.0 Å². The molecule has 0 fully saturated rings. The summed E-state index contributed by atoms with van der Waals surface area (Å²) >= 11 is 5.65. The molecule has 0 spiro atoms. The first kappa shape index (κ1) is 18.4. The normalized spacial score (nSPS) is 11.5. The van der Waals surface area contributed by atoms with E-state index >= 15 is 0 Å². The predicted molar refractivity (Wildman–Crippen MR) is 90.9 cm³/mol. The average molecular weight is 371 g/mol. The third-order valence-corrected chi connectivity index (χ3v) is 5.48. The molecule has 0 saturated carbocycles. The molecular formula is C16H16ClFN2O3S. The van der Waals surface area contributed by atoms with E-state index in [1.54, 1.807) is 25.1 Å². The molecule has 1 N–H and O–H groups in total. The van der Waals surface area contributed by atoms with Gasteiger partial charge in [-0.25, -0.2) is 12.8 Å². The second-order valence-electron chi connectivity index (χ2n) is 4.92. The van der Waals surface area contributed by atoms with Gasteiger partial charge >= 0.3 is 0 Å². The fourth-order valence-electron chi connectivity index (χ4n) is 2.04. The lowest BCUT2D eigenvalue weighted by molar-refractivity contribution is -0.116. The van der Waals surface area contributed by atoms with Crippen molar-refractivity contribution in [3.8, 4) is 0 Å². The molecule has 2 aromatic rings. The first-order valence-corrected chi connectivity index (χ1v) is 8.96. The third-order valence-electron chi connectivity index (χ3n) is 3.26. The van der Waals surface area contributed by atoms with Crippen molar-refractivity contribution in [3.05, 3.63) is 59.4 Å². The first-order chi connectivity index (χ1) is 11.3. The van der Waals surface area contributed by atoms with Crippen LogP contribution in [0, 0.1) is 5.82 Å². The molecule has 0 aliphatic carbocycles. The molecule has 24 heavy (non-hydrogen) atoms. The quantitative estimate of drug-likeness (QED) is 0.849. The lowest BCUT2D eigenvalue weighted by Crippen LogP contribution is -2.37. The van der Waals surface area contributed by atoms with Crippen molar-refractivity contribution in [2.45, 2.75) is 11.8 Å². The van der Waals surface area contributed by atoms with Gasteiger partial charge in [0, 0.05) is 12.2 Å². The van der Waals surface area contributed by atoms with Crippen LogP contribution in [0.3, 0.4) is 0 Å². The number of amides is 1. The molecule has 8 heteroatoms.